The van der Waals surface area contributed by atoms with Crippen LogP contribution in [0.1, 0.15) is 11.4 Å². The van der Waals surface area contributed by atoms with E-state index in [-0.39, 0.29) is 19.1 Å². The number of carbonyl (C=O) groups is 1. The van der Waals surface area contributed by atoms with Crippen LogP contribution < -0.4 is 14.8 Å². The third kappa shape index (κ3) is 2.53. The molecule has 8 heteroatoms. The fourth-order valence-electron chi connectivity index (χ4n) is 1.86. The van der Waals surface area contributed by atoms with Gasteiger partial charge in [-0.05, 0) is 28.1 Å². The number of carbonyl (C=O) groups excluding carboxylic acids is 1. The number of hydrogen-bond acceptors (Lipinski definition) is 6. The molecule has 2 heterocycles. The van der Waals surface area contributed by atoms with E-state index in [9.17, 15) is 4.79 Å². The molecule has 0 spiro atoms. The maximum atomic E-state index is 11.8. The third-order valence-electron chi connectivity index (χ3n) is 2.95. The van der Waals surface area contributed by atoms with Crippen molar-refractivity contribution in [2.24, 2.45) is 7.05 Å². The smallest absolute Gasteiger partial charge is 0.231 e. The van der Waals surface area contributed by atoms with Crippen molar-refractivity contribution in [2.45, 2.75) is 13.0 Å². The van der Waals surface area contributed by atoms with Crippen molar-refractivity contribution in [2.75, 3.05) is 6.79 Å². The van der Waals surface area contributed by atoms with E-state index >= 15 is 0 Å². The van der Waals surface area contributed by atoms with Gasteiger partial charge in [0.1, 0.15) is 0 Å². The Morgan fingerprint density at radius 1 is 1.40 bits per heavy atom. The number of fused-ring (bicyclic) bond motifs is 1. The lowest BCUT2D eigenvalue weighted by Crippen LogP contribution is -2.25. The van der Waals surface area contributed by atoms with Crippen LogP contribution in [0.2, 0.25) is 0 Å². The molecule has 1 N–H and O–H groups in total. The summed E-state index contributed by atoms with van der Waals surface area (Å²) in [6, 6.07) is 5.57. The Hall–Kier alpha value is -2.64. The van der Waals surface area contributed by atoms with E-state index in [2.05, 4.69) is 20.8 Å². The lowest BCUT2D eigenvalue weighted by Gasteiger charge is -2.05. The molecule has 2 aromatic rings. The summed E-state index contributed by atoms with van der Waals surface area (Å²) in [6.07, 6.45) is 0.147. The topological polar surface area (TPSA) is 91.2 Å². The fraction of sp³-hybridized carbons (Fsp3) is 0.333. The molecule has 104 valence electrons. The molecular weight excluding hydrogens is 262 g/mol. The minimum absolute atomic E-state index is 0.138. The van der Waals surface area contributed by atoms with E-state index in [0.29, 0.717) is 18.1 Å². The lowest BCUT2D eigenvalue weighted by molar-refractivity contribution is -0.120. The lowest BCUT2D eigenvalue weighted by atomic mass is 10.2. The molecule has 1 aromatic carbocycles. The molecule has 0 saturated heterocycles. The zero-order valence-electron chi connectivity index (χ0n) is 10.9. The van der Waals surface area contributed by atoms with Crippen molar-refractivity contribution in [1.82, 2.24) is 25.5 Å². The predicted molar refractivity (Wildman–Crippen MR) is 66.9 cm³/mol. The Morgan fingerprint density at radius 2 is 2.25 bits per heavy atom. The first-order valence-corrected chi connectivity index (χ1v) is 6.09. The summed E-state index contributed by atoms with van der Waals surface area (Å²) in [7, 11) is 1.69. The average molecular weight is 275 g/mol. The Labute approximate surface area is 114 Å². The Balaban J connectivity index is 1.57. The number of aromatic nitrogens is 4. The number of benzene rings is 1. The molecule has 20 heavy (non-hydrogen) atoms. The Kier molecular flexibility index (Phi) is 3.20. The molecule has 8 nitrogen and oxygen atoms in total. The summed E-state index contributed by atoms with van der Waals surface area (Å²) in [5, 5.41) is 13.7. The van der Waals surface area contributed by atoms with Gasteiger partial charge < -0.3 is 14.8 Å². The molecule has 0 aliphatic carbocycles. The number of amides is 1. The number of tetrazole rings is 1. The van der Waals surface area contributed by atoms with Gasteiger partial charge in [-0.2, -0.15) is 0 Å². The second-order valence-corrected chi connectivity index (χ2v) is 4.36. The van der Waals surface area contributed by atoms with Crippen LogP contribution in [0.15, 0.2) is 18.2 Å². The van der Waals surface area contributed by atoms with E-state index in [1.807, 2.05) is 18.2 Å². The summed E-state index contributed by atoms with van der Waals surface area (Å²) in [6.45, 7) is 0.658. The van der Waals surface area contributed by atoms with Crippen LogP contribution in [0, 0.1) is 0 Å². The first-order valence-electron chi connectivity index (χ1n) is 6.09. The number of ether oxygens (including phenoxy) is 2. The van der Waals surface area contributed by atoms with Crippen molar-refractivity contribution in [3.8, 4) is 11.5 Å². The van der Waals surface area contributed by atoms with E-state index in [1.54, 1.807) is 7.05 Å². The Morgan fingerprint density at radius 3 is 3.05 bits per heavy atom. The molecule has 0 radical (unpaired) electrons. The van der Waals surface area contributed by atoms with Gasteiger partial charge in [0.25, 0.3) is 0 Å². The summed E-state index contributed by atoms with van der Waals surface area (Å²) in [5.74, 6) is 1.81. The first-order chi connectivity index (χ1) is 9.72. The van der Waals surface area contributed by atoms with E-state index in [0.717, 1.165) is 11.3 Å². The molecule has 0 bridgehead atoms. The molecule has 0 atom stereocenters. The second kappa shape index (κ2) is 5.16. The van der Waals surface area contributed by atoms with E-state index in [1.165, 1.54) is 4.68 Å². The maximum absolute atomic E-state index is 11.8. The number of hydrogen-bond donors (Lipinski definition) is 1. The maximum Gasteiger partial charge on any atom is 0.231 e. The zero-order valence-corrected chi connectivity index (χ0v) is 10.9. The number of nitrogens with one attached hydrogen (secondary N) is 1. The molecule has 1 amide bonds. The van der Waals surface area contributed by atoms with Gasteiger partial charge in [-0.15, -0.1) is 5.10 Å². The highest BCUT2D eigenvalue weighted by Crippen LogP contribution is 2.32. The Bertz CT molecular complexity index is 640. The van der Waals surface area contributed by atoms with Crippen LogP contribution >= 0.6 is 0 Å². The van der Waals surface area contributed by atoms with Crippen molar-refractivity contribution < 1.29 is 14.3 Å². The van der Waals surface area contributed by atoms with Crippen molar-refractivity contribution in [3.63, 3.8) is 0 Å². The van der Waals surface area contributed by atoms with Crippen LogP contribution in [0.5, 0.6) is 11.5 Å². The van der Waals surface area contributed by atoms with Gasteiger partial charge in [0.2, 0.25) is 12.7 Å². The van der Waals surface area contributed by atoms with Crippen molar-refractivity contribution >= 4 is 5.91 Å². The van der Waals surface area contributed by atoms with Gasteiger partial charge in [-0.3, -0.25) is 4.79 Å². The van der Waals surface area contributed by atoms with Crippen LogP contribution in [-0.4, -0.2) is 32.9 Å². The van der Waals surface area contributed by atoms with Crippen molar-refractivity contribution in [1.29, 1.82) is 0 Å². The van der Waals surface area contributed by atoms with Gasteiger partial charge in [0.15, 0.2) is 17.3 Å². The third-order valence-corrected chi connectivity index (χ3v) is 2.95. The van der Waals surface area contributed by atoms with Gasteiger partial charge in [0.05, 0.1) is 6.42 Å². The summed E-state index contributed by atoms with van der Waals surface area (Å²) in [4.78, 5) is 11.8. The van der Waals surface area contributed by atoms with Crippen molar-refractivity contribution in [3.05, 3.63) is 29.6 Å². The highest BCUT2D eigenvalue weighted by Gasteiger charge is 2.14. The quantitative estimate of drug-likeness (QED) is 0.830. The van der Waals surface area contributed by atoms with Crippen LogP contribution in [-0.2, 0) is 24.8 Å². The average Bonchev–Trinajstić information content (AvgIpc) is 3.05. The molecule has 1 aliphatic rings. The fourth-order valence-corrected chi connectivity index (χ4v) is 1.86. The van der Waals surface area contributed by atoms with Crippen LogP contribution in [0.4, 0.5) is 0 Å². The number of rotatable bonds is 4. The summed E-state index contributed by atoms with van der Waals surface area (Å²) < 4.78 is 12.0. The standard InChI is InChI=1S/C12H13N5O3/c1-17-11(14-15-16-17)5-12(18)13-6-8-2-3-9-10(4-8)20-7-19-9/h2-4H,5-7H2,1H3,(H,13,18). The van der Waals surface area contributed by atoms with Gasteiger partial charge in [-0.1, -0.05) is 6.07 Å². The zero-order chi connectivity index (χ0) is 13.9. The van der Waals surface area contributed by atoms with Gasteiger partial charge >= 0.3 is 0 Å². The molecule has 0 saturated carbocycles. The number of aryl methyl sites for hydroxylation is 1. The largest absolute Gasteiger partial charge is 0.454 e. The highest BCUT2D eigenvalue weighted by atomic mass is 16.7. The van der Waals surface area contributed by atoms with Crippen LogP contribution in [0.25, 0.3) is 0 Å². The van der Waals surface area contributed by atoms with E-state index < -0.39 is 0 Å². The molecule has 1 aromatic heterocycles. The summed E-state index contributed by atoms with van der Waals surface area (Å²) in [5.41, 5.74) is 0.943. The van der Waals surface area contributed by atoms with Crippen LogP contribution in [0.3, 0.4) is 0 Å². The minimum atomic E-state index is -0.138. The molecule has 0 fully saturated rings. The number of nitrogens with zero attached hydrogens (tertiary/aromatic N) is 4. The SMILES string of the molecule is Cn1nnnc1CC(=O)NCc1ccc2c(c1)OCO2. The summed E-state index contributed by atoms with van der Waals surface area (Å²) >= 11 is 0. The second-order valence-electron chi connectivity index (χ2n) is 4.36. The predicted octanol–water partition coefficient (Wildman–Crippen LogP) is -0.202. The molecule has 0 unspecified atom stereocenters. The monoisotopic (exact) mass is 275 g/mol. The van der Waals surface area contributed by atoms with Gasteiger partial charge in [0, 0.05) is 13.6 Å². The normalized spacial score (nSPS) is 12.4. The van der Waals surface area contributed by atoms with Gasteiger partial charge in [-0.25, -0.2) is 4.68 Å². The first kappa shape index (κ1) is 12.4. The molecular formula is C12H13N5O3. The van der Waals surface area contributed by atoms with E-state index in [4.69, 9.17) is 9.47 Å². The molecule has 3 rings (SSSR count). The molecule has 1 aliphatic heterocycles. The minimum Gasteiger partial charge on any atom is -0.454 e. The highest BCUT2D eigenvalue weighted by molar-refractivity contribution is 5.77.